The second-order valence-corrected chi connectivity index (χ2v) is 1.57. The van der Waals surface area contributed by atoms with Gasteiger partial charge in [0.2, 0.25) is 0 Å². The van der Waals surface area contributed by atoms with Crippen LogP contribution in [0.15, 0.2) is 0 Å². The summed E-state index contributed by atoms with van der Waals surface area (Å²) in [6.07, 6.45) is 0. The van der Waals surface area contributed by atoms with Gasteiger partial charge in [-0.15, -0.1) is 0 Å². The Bertz CT molecular complexity index is 133. The average Bonchev–Trinajstić information content (AvgIpc) is 1.71. The van der Waals surface area contributed by atoms with E-state index in [-0.39, 0.29) is 5.34 Å². The number of hydrogen-bond acceptors (Lipinski definition) is 2. The Morgan fingerprint density at radius 1 is 0.556 bits per heavy atom. The smallest absolute Gasteiger partial charge is 0.418 e. The standard InChI is InChI=1S/3BF4.HNO2/c3*2-1(3,4)5;2-1-3/h;;;1H/q3*-1;. The van der Waals surface area contributed by atoms with Crippen molar-refractivity contribution >= 4 is 21.8 Å². The van der Waals surface area contributed by atoms with Gasteiger partial charge in [-0.2, -0.15) is 0 Å². The van der Waals surface area contributed by atoms with Gasteiger partial charge < -0.3 is 51.8 Å². The van der Waals surface area contributed by atoms with E-state index in [9.17, 15) is 51.8 Å². The molecule has 0 amide bonds. The van der Waals surface area contributed by atoms with Crippen molar-refractivity contribution < 1.29 is 57.1 Å². The lowest BCUT2D eigenvalue weighted by molar-refractivity contribution is -0.398. The summed E-state index contributed by atoms with van der Waals surface area (Å²) in [5, 5.41) is 8.38. The third-order valence-electron chi connectivity index (χ3n) is 0. The molecule has 0 aromatic rings. The normalized spacial score (nSPS) is 10.7. The summed E-state index contributed by atoms with van der Waals surface area (Å²) in [7, 11) is -18.0. The van der Waals surface area contributed by atoms with Crippen LogP contribution in [0.1, 0.15) is 0 Å². The maximum absolute atomic E-state index is 9.75. The van der Waals surface area contributed by atoms with Crippen LogP contribution in [-0.4, -0.2) is 21.8 Å². The molecule has 0 fully saturated rings. The van der Waals surface area contributed by atoms with E-state index in [2.05, 4.69) is 0 Å². The molecule has 0 aliphatic heterocycles. The molecule has 0 aliphatic carbocycles. The Hall–Kier alpha value is -1.25. The van der Waals surface area contributed by atoms with E-state index in [1.165, 1.54) is 0 Å². The van der Waals surface area contributed by atoms with E-state index in [1.54, 1.807) is 0 Å². The molecule has 0 saturated carbocycles. The largest absolute Gasteiger partial charge is 0.673 e. The lowest BCUT2D eigenvalue weighted by Crippen LogP contribution is -2.53. The highest BCUT2D eigenvalue weighted by Gasteiger charge is 2.21. The Balaban J connectivity index is -0.0000000739. The highest BCUT2D eigenvalue weighted by Crippen LogP contribution is 2.07. The molecule has 0 aromatic carbocycles. The Morgan fingerprint density at radius 2 is 0.556 bits per heavy atom. The number of halogens is 12. The van der Waals surface area contributed by atoms with Crippen molar-refractivity contribution in [2.45, 2.75) is 0 Å². The third kappa shape index (κ3) is 1800. The van der Waals surface area contributed by atoms with E-state index in [0.717, 1.165) is 0 Å². The fourth-order valence-corrected chi connectivity index (χ4v) is 0. The Kier molecular flexibility index (Phi) is 15.5. The summed E-state index contributed by atoms with van der Waals surface area (Å²) in [4.78, 5) is 8.12. The molecule has 0 bridgehead atoms. The SMILES string of the molecule is F[B-](F)(F)F.F[B-](F)(F)F.F[B-](F)(F)F.O=[NH+][O-]. The average molecular weight is 307 g/mol. The van der Waals surface area contributed by atoms with Crippen molar-refractivity contribution in [3.8, 4) is 0 Å². The molecule has 1 N–H and O–H groups in total. The molecule has 114 valence electrons. The van der Waals surface area contributed by atoms with Crippen LogP contribution in [0.3, 0.4) is 0 Å². The summed E-state index contributed by atoms with van der Waals surface area (Å²) in [6.45, 7) is 0. The van der Waals surface area contributed by atoms with Crippen LogP contribution in [0, 0.1) is 10.1 Å². The van der Waals surface area contributed by atoms with Crippen LogP contribution >= 0.6 is 0 Å². The van der Waals surface area contributed by atoms with E-state index < -0.39 is 21.8 Å². The van der Waals surface area contributed by atoms with Gasteiger partial charge in [-0.3, -0.25) is 10.1 Å². The quantitative estimate of drug-likeness (QED) is 0.323. The minimum atomic E-state index is -6.00. The molecule has 0 unspecified atom stereocenters. The molecule has 0 aliphatic rings. The first-order chi connectivity index (χ1) is 7.41. The number of nitrogens with one attached hydrogen (secondary N) is 1. The van der Waals surface area contributed by atoms with Gasteiger partial charge in [-0.25, -0.2) is 0 Å². The second kappa shape index (κ2) is 10.9. The molecule has 0 rings (SSSR count). The van der Waals surface area contributed by atoms with Gasteiger partial charge in [-0.1, -0.05) is 0 Å². The van der Waals surface area contributed by atoms with E-state index in [0.29, 0.717) is 0 Å². The molecule has 0 heterocycles. The van der Waals surface area contributed by atoms with Crippen LogP contribution in [0.2, 0.25) is 0 Å². The summed E-state index contributed by atoms with van der Waals surface area (Å²) in [5.74, 6) is 0. The molecule has 3 nitrogen and oxygen atoms in total. The molecule has 18 heavy (non-hydrogen) atoms. The van der Waals surface area contributed by atoms with Crippen molar-refractivity contribution in [3.05, 3.63) is 10.1 Å². The van der Waals surface area contributed by atoms with Crippen molar-refractivity contribution in [1.82, 2.24) is 0 Å². The van der Waals surface area contributed by atoms with Crippen molar-refractivity contribution in [1.29, 1.82) is 0 Å². The minimum absolute atomic E-state index is 0.250. The maximum atomic E-state index is 9.75. The number of hydrogen-bond donors (Lipinski definition) is 1. The van der Waals surface area contributed by atoms with Gasteiger partial charge >= 0.3 is 21.8 Å². The molecule has 0 radical (unpaired) electrons. The zero-order chi connectivity index (χ0) is 16.2. The third-order valence-corrected chi connectivity index (χ3v) is 0. The molecular weight excluding hydrogens is 306 g/mol. The molecule has 0 spiro atoms. The van der Waals surface area contributed by atoms with Crippen LogP contribution in [-0.2, 0) is 0 Å². The lowest BCUT2D eigenvalue weighted by Gasteiger charge is -1.94. The van der Waals surface area contributed by atoms with Crippen LogP contribution < -0.4 is 5.34 Å². The number of rotatable bonds is 0. The van der Waals surface area contributed by atoms with Crippen LogP contribution in [0.5, 0.6) is 0 Å². The van der Waals surface area contributed by atoms with Gasteiger partial charge in [0, 0.05) is 5.34 Å². The molecule has 0 saturated heterocycles. The van der Waals surface area contributed by atoms with Crippen molar-refractivity contribution in [2.75, 3.05) is 0 Å². The van der Waals surface area contributed by atoms with E-state index in [4.69, 9.17) is 10.1 Å². The Morgan fingerprint density at radius 3 is 0.556 bits per heavy atom. The maximum Gasteiger partial charge on any atom is 0.673 e. The Labute approximate surface area is 90.4 Å². The molecule has 0 atom stereocenters. The summed E-state index contributed by atoms with van der Waals surface area (Å²) >= 11 is 0. The zero-order valence-corrected chi connectivity index (χ0v) is 7.58. The fraction of sp³-hybridized carbons (Fsp3) is 0. The van der Waals surface area contributed by atoms with Crippen molar-refractivity contribution in [3.63, 3.8) is 0 Å². The zero-order valence-electron chi connectivity index (χ0n) is 7.58. The summed E-state index contributed by atoms with van der Waals surface area (Å²) in [5.41, 5.74) is 0. The van der Waals surface area contributed by atoms with Gasteiger partial charge in [0.25, 0.3) is 0 Å². The monoisotopic (exact) mass is 308 g/mol. The fourth-order valence-electron chi connectivity index (χ4n) is 0. The summed E-state index contributed by atoms with van der Waals surface area (Å²) < 4.78 is 117. The van der Waals surface area contributed by atoms with E-state index >= 15 is 0 Å². The van der Waals surface area contributed by atoms with Crippen molar-refractivity contribution in [2.24, 2.45) is 0 Å². The topological polar surface area (TPSA) is 54.1 Å². The minimum Gasteiger partial charge on any atom is -0.418 e. The van der Waals surface area contributed by atoms with Crippen LogP contribution in [0.4, 0.5) is 51.8 Å². The summed E-state index contributed by atoms with van der Waals surface area (Å²) in [6, 6.07) is 0. The lowest BCUT2D eigenvalue weighted by atomic mass is 10.3. The van der Waals surface area contributed by atoms with Crippen LogP contribution in [0.25, 0.3) is 0 Å². The highest BCUT2D eigenvalue weighted by molar-refractivity contribution is 6.50. The van der Waals surface area contributed by atoms with Gasteiger partial charge in [0.05, 0.1) is 0 Å². The second-order valence-electron chi connectivity index (χ2n) is 1.57. The first kappa shape index (κ1) is 25.6. The molecule has 0 aromatic heterocycles. The first-order valence-electron chi connectivity index (χ1n) is 3.03. The molecular formula is HB3F12NO2-3. The van der Waals surface area contributed by atoms with Gasteiger partial charge in [-0.05, 0) is 0 Å². The predicted molar refractivity (Wildman–Crippen MR) is 38.3 cm³/mol. The predicted octanol–water partition coefficient (Wildman–Crippen LogP) is 2.23. The van der Waals surface area contributed by atoms with Gasteiger partial charge in [0.15, 0.2) is 0 Å². The highest BCUT2D eigenvalue weighted by atomic mass is 19.5. The van der Waals surface area contributed by atoms with Gasteiger partial charge in [0.1, 0.15) is 0 Å². The van der Waals surface area contributed by atoms with E-state index in [1.807, 2.05) is 0 Å². The first-order valence-corrected chi connectivity index (χ1v) is 3.03. The molecule has 18 heteroatoms.